The minimum atomic E-state index is 0.630. The monoisotopic (exact) mass is 316 g/mol. The van der Waals surface area contributed by atoms with E-state index in [1.807, 2.05) is 0 Å². The maximum atomic E-state index is 2.70. The van der Waals surface area contributed by atoms with Gasteiger partial charge in [-0.15, -0.1) is 0 Å². The maximum Gasteiger partial charge on any atom is -0.0241 e. The molecule has 4 saturated carbocycles. The Kier molecular flexibility index (Phi) is 3.94. The fourth-order valence-corrected chi connectivity index (χ4v) is 8.72. The number of rotatable bonds is 2. The van der Waals surface area contributed by atoms with Gasteiger partial charge in [0.05, 0.1) is 0 Å². The molecular weight excluding hydrogens is 276 g/mol. The molecule has 0 saturated heterocycles. The van der Waals surface area contributed by atoms with E-state index in [1.54, 1.807) is 38.5 Å². The summed E-state index contributed by atoms with van der Waals surface area (Å²) in [7, 11) is 0. The van der Waals surface area contributed by atoms with Crippen molar-refractivity contribution in [3.8, 4) is 0 Å². The number of hydrogen-bond donors (Lipinski definition) is 0. The minimum Gasteiger partial charge on any atom is -0.0648 e. The van der Waals surface area contributed by atoms with Crippen molar-refractivity contribution < 1.29 is 0 Å². The summed E-state index contributed by atoms with van der Waals surface area (Å²) >= 11 is 0. The van der Waals surface area contributed by atoms with Gasteiger partial charge in [0.15, 0.2) is 0 Å². The Bertz CT molecular complexity index is 453. The van der Waals surface area contributed by atoms with Gasteiger partial charge in [0, 0.05) is 0 Å². The lowest BCUT2D eigenvalue weighted by molar-refractivity contribution is -0.132. The highest BCUT2D eigenvalue weighted by atomic mass is 14.7. The first-order valence-electron chi connectivity index (χ1n) is 11.0. The molecule has 0 heterocycles. The van der Waals surface area contributed by atoms with Crippen molar-refractivity contribution in [2.45, 2.75) is 105 Å². The van der Waals surface area contributed by atoms with E-state index in [0.29, 0.717) is 10.8 Å². The topological polar surface area (TPSA) is 0 Å². The zero-order valence-electron chi connectivity index (χ0n) is 16.3. The average Bonchev–Trinajstić information content (AvgIpc) is 2.86. The van der Waals surface area contributed by atoms with Crippen LogP contribution >= 0.6 is 0 Å². The summed E-state index contributed by atoms with van der Waals surface area (Å²) in [5.41, 5.74) is 2.04. The molecule has 132 valence electrons. The predicted octanol–water partition coefficient (Wildman–Crippen LogP) is 7.23. The van der Waals surface area contributed by atoms with Crippen LogP contribution in [0.3, 0.4) is 0 Å². The lowest BCUT2D eigenvalue weighted by Gasteiger charge is -2.62. The van der Waals surface area contributed by atoms with Gasteiger partial charge in [0.2, 0.25) is 0 Å². The van der Waals surface area contributed by atoms with Crippen LogP contribution in [-0.2, 0) is 0 Å². The molecule has 7 atom stereocenters. The molecular formula is C23H40. The molecule has 0 amide bonds. The van der Waals surface area contributed by atoms with Crippen molar-refractivity contribution in [1.29, 1.82) is 0 Å². The summed E-state index contributed by atoms with van der Waals surface area (Å²) in [6.07, 6.45) is 18.4. The third kappa shape index (κ3) is 2.02. The summed E-state index contributed by atoms with van der Waals surface area (Å²) in [5.74, 6) is 4.31. The van der Waals surface area contributed by atoms with Crippen LogP contribution < -0.4 is 0 Å². The van der Waals surface area contributed by atoms with Gasteiger partial charge in [-0.1, -0.05) is 47.0 Å². The first kappa shape index (κ1) is 16.5. The summed E-state index contributed by atoms with van der Waals surface area (Å²) in [6, 6.07) is 0. The average molecular weight is 317 g/mol. The number of hydrogen-bond acceptors (Lipinski definition) is 0. The molecule has 23 heavy (non-hydrogen) atoms. The Morgan fingerprint density at radius 2 is 1.52 bits per heavy atom. The van der Waals surface area contributed by atoms with Crippen molar-refractivity contribution in [3.05, 3.63) is 0 Å². The van der Waals surface area contributed by atoms with Crippen molar-refractivity contribution >= 4 is 0 Å². The first-order chi connectivity index (χ1) is 11.0. The Morgan fingerprint density at radius 3 is 2.26 bits per heavy atom. The molecule has 4 rings (SSSR count). The van der Waals surface area contributed by atoms with E-state index in [9.17, 15) is 0 Å². The molecule has 0 aromatic carbocycles. The SMILES string of the molecule is CC[C@]12CCCCC1CC[C@@H]1[C@@H]2CC[C@@]2(C)[C@H]1CC[C@]2(C)CC. The van der Waals surface area contributed by atoms with E-state index >= 15 is 0 Å². The molecule has 0 N–H and O–H groups in total. The third-order valence-corrected chi connectivity index (χ3v) is 10.5. The summed E-state index contributed by atoms with van der Waals surface area (Å²) in [5, 5.41) is 0. The molecule has 1 unspecified atom stereocenters. The maximum absolute atomic E-state index is 2.70. The Morgan fingerprint density at radius 1 is 0.739 bits per heavy atom. The molecule has 0 spiro atoms. The standard InChI is InChI=1S/C23H40/c1-5-21(3)15-12-19-18-11-10-17-9-7-8-14-23(17,6-2)20(18)13-16-22(19,21)4/h17-20H,5-16H2,1-4H3/t17?,18-,19-,20-,21-,22-,23-/m0/s1. The van der Waals surface area contributed by atoms with Crippen LogP contribution in [0.15, 0.2) is 0 Å². The summed E-state index contributed by atoms with van der Waals surface area (Å²) in [6.45, 7) is 10.3. The zero-order valence-corrected chi connectivity index (χ0v) is 16.3. The van der Waals surface area contributed by atoms with Crippen LogP contribution in [0.25, 0.3) is 0 Å². The summed E-state index contributed by atoms with van der Waals surface area (Å²) < 4.78 is 0. The highest BCUT2D eigenvalue weighted by Gasteiger charge is 2.62. The molecule has 0 aliphatic heterocycles. The highest BCUT2D eigenvalue weighted by molar-refractivity contribution is 5.12. The van der Waals surface area contributed by atoms with Crippen LogP contribution in [0.1, 0.15) is 105 Å². The lowest BCUT2D eigenvalue weighted by atomic mass is 9.42. The van der Waals surface area contributed by atoms with Crippen molar-refractivity contribution in [1.82, 2.24) is 0 Å². The van der Waals surface area contributed by atoms with Crippen molar-refractivity contribution in [2.75, 3.05) is 0 Å². The predicted molar refractivity (Wildman–Crippen MR) is 99.4 cm³/mol. The second-order valence-corrected chi connectivity index (χ2v) is 10.4. The molecule has 0 bridgehead atoms. The largest absolute Gasteiger partial charge is 0.0648 e. The number of fused-ring (bicyclic) bond motifs is 5. The van der Waals surface area contributed by atoms with Gasteiger partial charge in [-0.05, 0) is 97.7 Å². The fraction of sp³-hybridized carbons (Fsp3) is 1.00. The Hall–Kier alpha value is 0. The van der Waals surface area contributed by atoms with Gasteiger partial charge in [0.1, 0.15) is 0 Å². The van der Waals surface area contributed by atoms with Crippen LogP contribution in [0.5, 0.6) is 0 Å². The van der Waals surface area contributed by atoms with Crippen LogP contribution in [0, 0.1) is 39.9 Å². The van der Waals surface area contributed by atoms with Gasteiger partial charge >= 0.3 is 0 Å². The molecule has 4 aliphatic rings. The smallest absolute Gasteiger partial charge is 0.0241 e. The van der Waals surface area contributed by atoms with Gasteiger partial charge in [-0.25, -0.2) is 0 Å². The normalized spacial score (nSPS) is 55.8. The quantitative estimate of drug-likeness (QED) is 0.504. The van der Waals surface area contributed by atoms with Crippen LogP contribution in [0.2, 0.25) is 0 Å². The lowest BCUT2D eigenvalue weighted by Crippen LogP contribution is -2.54. The van der Waals surface area contributed by atoms with E-state index in [0.717, 1.165) is 29.1 Å². The summed E-state index contributed by atoms with van der Waals surface area (Å²) in [4.78, 5) is 0. The van der Waals surface area contributed by atoms with E-state index in [4.69, 9.17) is 0 Å². The van der Waals surface area contributed by atoms with Gasteiger partial charge in [0.25, 0.3) is 0 Å². The molecule has 0 aromatic heterocycles. The van der Waals surface area contributed by atoms with E-state index < -0.39 is 0 Å². The van der Waals surface area contributed by atoms with Crippen molar-refractivity contribution in [2.24, 2.45) is 39.9 Å². The zero-order chi connectivity index (χ0) is 16.3. The highest BCUT2D eigenvalue weighted by Crippen LogP contribution is 2.71. The fourth-order valence-electron chi connectivity index (χ4n) is 8.72. The van der Waals surface area contributed by atoms with E-state index in [-0.39, 0.29) is 0 Å². The van der Waals surface area contributed by atoms with Gasteiger partial charge < -0.3 is 0 Å². The van der Waals surface area contributed by atoms with Crippen molar-refractivity contribution in [3.63, 3.8) is 0 Å². The second kappa shape index (κ2) is 5.50. The van der Waals surface area contributed by atoms with Crippen LogP contribution in [0.4, 0.5) is 0 Å². The van der Waals surface area contributed by atoms with Crippen LogP contribution in [-0.4, -0.2) is 0 Å². The Balaban J connectivity index is 1.67. The van der Waals surface area contributed by atoms with Gasteiger partial charge in [-0.3, -0.25) is 0 Å². The first-order valence-corrected chi connectivity index (χ1v) is 11.0. The minimum absolute atomic E-state index is 0.630. The molecule has 0 radical (unpaired) electrons. The second-order valence-electron chi connectivity index (χ2n) is 10.4. The molecule has 4 aliphatic carbocycles. The molecule has 0 aromatic rings. The Labute approximate surface area is 145 Å². The van der Waals surface area contributed by atoms with E-state index in [1.165, 1.54) is 38.5 Å². The van der Waals surface area contributed by atoms with Gasteiger partial charge in [-0.2, -0.15) is 0 Å². The third-order valence-electron chi connectivity index (χ3n) is 10.5. The van der Waals surface area contributed by atoms with E-state index in [2.05, 4.69) is 27.7 Å². The molecule has 4 fully saturated rings. The molecule has 0 heteroatoms. The molecule has 0 nitrogen and oxygen atoms in total.